The lowest BCUT2D eigenvalue weighted by Crippen LogP contribution is -2.24. The molecule has 7 heteroatoms. The lowest BCUT2D eigenvalue weighted by Gasteiger charge is -2.21. The van der Waals surface area contributed by atoms with Gasteiger partial charge in [0.25, 0.3) is 0 Å². The predicted octanol–water partition coefficient (Wildman–Crippen LogP) is 6.98. The lowest BCUT2D eigenvalue weighted by molar-refractivity contribution is -0.137. The van der Waals surface area contributed by atoms with Gasteiger partial charge in [0, 0.05) is 18.8 Å². The van der Waals surface area contributed by atoms with Gasteiger partial charge in [0.05, 0.1) is 10.8 Å². The Bertz CT molecular complexity index is 941. The van der Waals surface area contributed by atoms with E-state index in [9.17, 15) is 22.0 Å². The van der Waals surface area contributed by atoms with Crippen LogP contribution in [0.5, 0.6) is 0 Å². The van der Waals surface area contributed by atoms with Crippen LogP contribution < -0.4 is 0 Å². The molecule has 3 aromatic rings. The number of hydrogen-bond donors (Lipinski definition) is 0. The molecule has 1 nitrogen and oxygen atoms in total. The van der Waals surface area contributed by atoms with Crippen molar-refractivity contribution in [2.45, 2.75) is 17.8 Å². The van der Waals surface area contributed by atoms with Gasteiger partial charge in [-0.2, -0.15) is 13.2 Å². The van der Waals surface area contributed by atoms with Crippen molar-refractivity contribution < 1.29 is 22.0 Å². The fraction of sp³-hybridized carbons (Fsp3) is 0.280. The third kappa shape index (κ3) is 7.07. The zero-order valence-corrected chi connectivity index (χ0v) is 18.4. The van der Waals surface area contributed by atoms with Gasteiger partial charge in [0.15, 0.2) is 0 Å². The van der Waals surface area contributed by atoms with E-state index in [1.54, 1.807) is 42.1 Å². The average Bonchev–Trinajstić information content (AvgIpc) is 2.77. The number of alkyl halides is 3. The fourth-order valence-electron chi connectivity index (χ4n) is 3.32. The molecule has 0 heterocycles. The number of rotatable bonds is 9. The summed E-state index contributed by atoms with van der Waals surface area (Å²) in [5.41, 5.74) is 1.87. The minimum Gasteiger partial charge on any atom is -0.305 e. The van der Waals surface area contributed by atoms with E-state index in [0.29, 0.717) is 18.5 Å². The van der Waals surface area contributed by atoms with E-state index in [4.69, 9.17) is 0 Å². The standard InChI is InChI=1S/C25H24F5NS/c1-31(14-13-18-3-2-4-21(17-18)25(28,29)30)15-16-32-24(19-5-9-22(26)10-6-19)20-7-11-23(27)12-8-20/h2-12,17,24H,13-16H2,1H3. The second-order valence-corrected chi connectivity index (χ2v) is 8.82. The summed E-state index contributed by atoms with van der Waals surface area (Å²) >= 11 is 1.66. The van der Waals surface area contributed by atoms with Crippen molar-refractivity contribution in [1.82, 2.24) is 4.90 Å². The van der Waals surface area contributed by atoms with E-state index in [2.05, 4.69) is 4.90 Å². The summed E-state index contributed by atoms with van der Waals surface area (Å²) < 4.78 is 65.3. The van der Waals surface area contributed by atoms with Crippen molar-refractivity contribution in [1.29, 1.82) is 0 Å². The molecular formula is C25H24F5NS. The van der Waals surface area contributed by atoms with Crippen LogP contribution in [0.1, 0.15) is 27.5 Å². The quantitative estimate of drug-likeness (QED) is 0.314. The first-order valence-electron chi connectivity index (χ1n) is 10.2. The first-order chi connectivity index (χ1) is 15.2. The van der Waals surface area contributed by atoms with E-state index in [-0.39, 0.29) is 16.9 Å². The minimum atomic E-state index is -4.34. The third-order valence-electron chi connectivity index (χ3n) is 5.14. The van der Waals surface area contributed by atoms with Crippen molar-refractivity contribution in [2.24, 2.45) is 0 Å². The Morgan fingerprint density at radius 2 is 1.38 bits per heavy atom. The van der Waals surface area contributed by atoms with Crippen LogP contribution in [0.25, 0.3) is 0 Å². The van der Waals surface area contributed by atoms with E-state index in [0.717, 1.165) is 29.5 Å². The largest absolute Gasteiger partial charge is 0.416 e. The van der Waals surface area contributed by atoms with Crippen LogP contribution in [0, 0.1) is 11.6 Å². The van der Waals surface area contributed by atoms with Gasteiger partial charge in [-0.1, -0.05) is 42.5 Å². The summed E-state index contributed by atoms with van der Waals surface area (Å²) in [5, 5.41) is -0.0759. The molecule has 0 atom stereocenters. The molecule has 0 spiro atoms. The molecule has 3 rings (SSSR count). The molecule has 0 aliphatic carbocycles. The Labute approximate surface area is 189 Å². The van der Waals surface area contributed by atoms with Crippen LogP contribution in [0.3, 0.4) is 0 Å². The maximum atomic E-state index is 13.4. The Morgan fingerprint density at radius 1 is 0.812 bits per heavy atom. The van der Waals surface area contributed by atoms with Gasteiger partial charge < -0.3 is 4.90 Å². The molecule has 0 aromatic heterocycles. The maximum absolute atomic E-state index is 13.4. The van der Waals surface area contributed by atoms with Crippen molar-refractivity contribution >= 4 is 11.8 Å². The number of likely N-dealkylation sites (N-methyl/N-ethyl adjacent to an activating group) is 1. The average molecular weight is 466 g/mol. The number of hydrogen-bond acceptors (Lipinski definition) is 2. The Balaban J connectivity index is 1.57. The number of halogens is 5. The topological polar surface area (TPSA) is 3.24 Å². The molecule has 0 aliphatic rings. The molecule has 0 amide bonds. The predicted molar refractivity (Wildman–Crippen MR) is 120 cm³/mol. The van der Waals surface area contributed by atoms with Crippen LogP contribution >= 0.6 is 11.8 Å². The van der Waals surface area contributed by atoms with Crippen molar-refractivity contribution in [3.63, 3.8) is 0 Å². The van der Waals surface area contributed by atoms with Crippen LogP contribution in [0.2, 0.25) is 0 Å². The van der Waals surface area contributed by atoms with Gasteiger partial charge in [-0.15, -0.1) is 11.8 Å². The molecule has 0 N–H and O–H groups in total. The fourth-order valence-corrected chi connectivity index (χ4v) is 4.67. The van der Waals surface area contributed by atoms with Gasteiger partial charge in [-0.3, -0.25) is 0 Å². The third-order valence-corrected chi connectivity index (χ3v) is 6.44. The molecule has 0 bridgehead atoms. The van der Waals surface area contributed by atoms with Crippen LogP contribution in [0.15, 0.2) is 72.8 Å². The second-order valence-electron chi connectivity index (χ2n) is 7.61. The summed E-state index contributed by atoms with van der Waals surface area (Å²) in [4.78, 5) is 2.07. The highest BCUT2D eigenvalue weighted by Crippen LogP contribution is 2.36. The summed E-state index contributed by atoms with van der Waals surface area (Å²) in [6, 6.07) is 18.0. The molecule has 0 fully saturated rings. The molecular weight excluding hydrogens is 441 g/mol. The summed E-state index contributed by atoms with van der Waals surface area (Å²) in [6.45, 7) is 1.35. The van der Waals surface area contributed by atoms with Crippen molar-refractivity contribution in [3.05, 3.63) is 107 Å². The molecule has 0 saturated carbocycles. The zero-order valence-electron chi connectivity index (χ0n) is 17.6. The number of thioether (sulfide) groups is 1. The number of benzene rings is 3. The monoisotopic (exact) mass is 465 g/mol. The van der Waals surface area contributed by atoms with Gasteiger partial charge in [-0.05, 0) is 60.5 Å². The molecule has 0 saturated heterocycles. The Kier molecular flexibility index (Phi) is 8.32. The van der Waals surface area contributed by atoms with Crippen molar-refractivity contribution in [2.75, 3.05) is 25.9 Å². The first kappa shape index (κ1) is 24.3. The molecule has 0 radical (unpaired) electrons. The SMILES string of the molecule is CN(CCSC(c1ccc(F)cc1)c1ccc(F)cc1)CCc1cccc(C(F)(F)F)c1. The van der Waals surface area contributed by atoms with Gasteiger partial charge in [0.2, 0.25) is 0 Å². The zero-order chi connectivity index (χ0) is 23.1. The summed E-state index contributed by atoms with van der Waals surface area (Å²) in [5.74, 6) is 0.121. The van der Waals surface area contributed by atoms with Gasteiger partial charge in [-0.25, -0.2) is 8.78 Å². The molecule has 3 aromatic carbocycles. The number of nitrogens with zero attached hydrogens (tertiary/aromatic N) is 1. The molecule has 32 heavy (non-hydrogen) atoms. The van der Waals surface area contributed by atoms with E-state index in [1.807, 2.05) is 7.05 Å². The summed E-state index contributed by atoms with van der Waals surface area (Å²) in [7, 11) is 1.93. The smallest absolute Gasteiger partial charge is 0.305 e. The lowest BCUT2D eigenvalue weighted by atomic mass is 10.0. The van der Waals surface area contributed by atoms with Gasteiger partial charge >= 0.3 is 6.18 Å². The van der Waals surface area contributed by atoms with E-state index >= 15 is 0 Å². The Morgan fingerprint density at radius 3 is 1.91 bits per heavy atom. The van der Waals surface area contributed by atoms with Crippen LogP contribution in [-0.4, -0.2) is 30.8 Å². The van der Waals surface area contributed by atoms with Gasteiger partial charge in [0.1, 0.15) is 11.6 Å². The molecule has 170 valence electrons. The maximum Gasteiger partial charge on any atom is 0.416 e. The second kappa shape index (κ2) is 11.0. The molecule has 0 aliphatic heterocycles. The highest BCUT2D eigenvalue weighted by molar-refractivity contribution is 7.99. The van der Waals surface area contributed by atoms with E-state index < -0.39 is 11.7 Å². The molecule has 0 unspecified atom stereocenters. The van der Waals surface area contributed by atoms with Crippen LogP contribution in [0.4, 0.5) is 22.0 Å². The highest BCUT2D eigenvalue weighted by atomic mass is 32.2. The normalized spacial score (nSPS) is 12.0. The Hall–Kier alpha value is -2.38. The van der Waals surface area contributed by atoms with Crippen LogP contribution in [-0.2, 0) is 12.6 Å². The highest BCUT2D eigenvalue weighted by Gasteiger charge is 2.30. The van der Waals surface area contributed by atoms with E-state index in [1.165, 1.54) is 36.4 Å². The minimum absolute atomic E-state index is 0.0759. The first-order valence-corrected chi connectivity index (χ1v) is 11.2. The summed E-state index contributed by atoms with van der Waals surface area (Å²) in [6.07, 6.45) is -3.82. The van der Waals surface area contributed by atoms with Crippen molar-refractivity contribution in [3.8, 4) is 0 Å².